The first-order valence-electron chi connectivity index (χ1n) is 7.92. The van der Waals surface area contributed by atoms with Crippen LogP contribution in [-0.2, 0) is 13.0 Å². The normalized spacial score (nSPS) is 26.9. The van der Waals surface area contributed by atoms with Gasteiger partial charge in [-0.1, -0.05) is 25.3 Å². The maximum Gasteiger partial charge on any atom is 0.335 e. The van der Waals surface area contributed by atoms with Crippen molar-refractivity contribution < 1.29 is 15.0 Å². The van der Waals surface area contributed by atoms with Crippen molar-refractivity contribution in [2.45, 2.75) is 57.2 Å². The summed E-state index contributed by atoms with van der Waals surface area (Å²) in [5.41, 5.74) is 2.72. The van der Waals surface area contributed by atoms with E-state index in [2.05, 4.69) is 4.90 Å². The third-order valence-corrected chi connectivity index (χ3v) is 4.91. The van der Waals surface area contributed by atoms with Crippen LogP contribution in [0.1, 0.15) is 53.6 Å². The second-order valence-corrected chi connectivity index (χ2v) is 6.28. The van der Waals surface area contributed by atoms with Gasteiger partial charge in [0.2, 0.25) is 0 Å². The molecular weight excluding hydrogens is 266 g/mol. The van der Waals surface area contributed by atoms with Gasteiger partial charge in [-0.15, -0.1) is 0 Å². The summed E-state index contributed by atoms with van der Waals surface area (Å²) in [7, 11) is 0. The van der Waals surface area contributed by atoms with Crippen molar-refractivity contribution in [3.05, 3.63) is 34.9 Å². The molecule has 0 amide bonds. The summed E-state index contributed by atoms with van der Waals surface area (Å²) >= 11 is 0. The lowest BCUT2D eigenvalue weighted by molar-refractivity contribution is 0.0365. The maximum atomic E-state index is 11.1. The average Bonchev–Trinajstić information content (AvgIpc) is 2.70. The Bertz CT molecular complexity index is 529. The lowest BCUT2D eigenvalue weighted by Crippen LogP contribution is -2.45. The van der Waals surface area contributed by atoms with Gasteiger partial charge in [0.15, 0.2) is 0 Å². The SMILES string of the molecule is O=C(O)c1ccc2c(c1)CN(C1CCCCCC1O)CC2. The van der Waals surface area contributed by atoms with Crippen molar-refractivity contribution in [2.75, 3.05) is 6.54 Å². The number of aliphatic hydroxyl groups excluding tert-OH is 1. The van der Waals surface area contributed by atoms with Crippen LogP contribution in [0.5, 0.6) is 0 Å². The molecule has 1 aromatic rings. The molecule has 1 aliphatic carbocycles. The average molecular weight is 289 g/mol. The van der Waals surface area contributed by atoms with E-state index in [1.165, 1.54) is 18.4 Å². The van der Waals surface area contributed by atoms with Crippen LogP contribution in [0, 0.1) is 0 Å². The van der Waals surface area contributed by atoms with Gasteiger partial charge in [-0.05, 0) is 42.5 Å². The number of carboxylic acids is 1. The molecule has 0 bridgehead atoms. The third kappa shape index (κ3) is 3.11. The summed E-state index contributed by atoms with van der Waals surface area (Å²) in [6, 6.07) is 5.67. The highest BCUT2D eigenvalue weighted by Crippen LogP contribution is 2.28. The Balaban J connectivity index is 1.79. The summed E-state index contributed by atoms with van der Waals surface area (Å²) < 4.78 is 0. The number of aliphatic hydroxyl groups is 1. The first-order chi connectivity index (χ1) is 10.1. The van der Waals surface area contributed by atoms with Crippen molar-refractivity contribution in [3.8, 4) is 0 Å². The Morgan fingerprint density at radius 2 is 1.95 bits per heavy atom. The summed E-state index contributed by atoms with van der Waals surface area (Å²) in [5, 5.41) is 19.5. The van der Waals surface area contributed by atoms with Crippen LogP contribution in [0.15, 0.2) is 18.2 Å². The van der Waals surface area contributed by atoms with E-state index in [1.54, 1.807) is 12.1 Å². The van der Waals surface area contributed by atoms with E-state index < -0.39 is 5.97 Å². The topological polar surface area (TPSA) is 60.8 Å². The highest BCUT2D eigenvalue weighted by atomic mass is 16.4. The van der Waals surface area contributed by atoms with Gasteiger partial charge in [0.1, 0.15) is 0 Å². The molecule has 2 unspecified atom stereocenters. The Kier molecular flexibility index (Phi) is 4.27. The molecule has 1 aliphatic heterocycles. The molecule has 1 fully saturated rings. The fraction of sp³-hybridized carbons (Fsp3) is 0.588. The lowest BCUT2D eigenvalue weighted by Gasteiger charge is -2.37. The number of nitrogens with zero attached hydrogens (tertiary/aromatic N) is 1. The minimum Gasteiger partial charge on any atom is -0.478 e. The number of fused-ring (bicyclic) bond motifs is 1. The number of aromatic carboxylic acids is 1. The molecule has 0 saturated heterocycles. The van der Waals surface area contributed by atoms with E-state index in [-0.39, 0.29) is 12.1 Å². The van der Waals surface area contributed by atoms with E-state index >= 15 is 0 Å². The molecule has 0 radical (unpaired) electrons. The summed E-state index contributed by atoms with van der Waals surface area (Å²) in [6.45, 7) is 1.72. The highest BCUT2D eigenvalue weighted by Gasteiger charge is 2.30. The largest absolute Gasteiger partial charge is 0.478 e. The molecule has 0 spiro atoms. The van der Waals surface area contributed by atoms with Crippen LogP contribution < -0.4 is 0 Å². The zero-order chi connectivity index (χ0) is 14.8. The van der Waals surface area contributed by atoms with E-state index in [0.29, 0.717) is 5.56 Å². The molecule has 4 heteroatoms. The quantitative estimate of drug-likeness (QED) is 0.821. The van der Waals surface area contributed by atoms with Crippen molar-refractivity contribution in [3.63, 3.8) is 0 Å². The third-order valence-electron chi connectivity index (χ3n) is 4.91. The molecule has 2 aliphatic rings. The molecule has 1 saturated carbocycles. The fourth-order valence-corrected chi connectivity index (χ4v) is 3.69. The van der Waals surface area contributed by atoms with Crippen LogP contribution in [0.25, 0.3) is 0 Å². The van der Waals surface area contributed by atoms with Crippen LogP contribution >= 0.6 is 0 Å². The molecule has 114 valence electrons. The predicted molar refractivity (Wildman–Crippen MR) is 80.4 cm³/mol. The van der Waals surface area contributed by atoms with Gasteiger partial charge < -0.3 is 10.2 Å². The van der Waals surface area contributed by atoms with Gasteiger partial charge in [0.05, 0.1) is 11.7 Å². The smallest absolute Gasteiger partial charge is 0.335 e. The maximum absolute atomic E-state index is 11.1. The number of carboxylic acid groups (broad SMARTS) is 1. The molecule has 0 aromatic heterocycles. The van der Waals surface area contributed by atoms with Gasteiger partial charge in [0, 0.05) is 19.1 Å². The molecule has 1 heterocycles. The monoisotopic (exact) mass is 289 g/mol. The Morgan fingerprint density at radius 3 is 2.76 bits per heavy atom. The zero-order valence-corrected chi connectivity index (χ0v) is 12.3. The van der Waals surface area contributed by atoms with E-state index in [4.69, 9.17) is 5.11 Å². The van der Waals surface area contributed by atoms with Gasteiger partial charge >= 0.3 is 5.97 Å². The van der Waals surface area contributed by atoms with Crippen molar-refractivity contribution in [1.29, 1.82) is 0 Å². The number of benzene rings is 1. The van der Waals surface area contributed by atoms with Gasteiger partial charge in [-0.3, -0.25) is 4.90 Å². The number of hydrogen-bond donors (Lipinski definition) is 2. The van der Waals surface area contributed by atoms with Crippen LogP contribution in [-0.4, -0.2) is 39.8 Å². The van der Waals surface area contributed by atoms with Crippen LogP contribution in [0.4, 0.5) is 0 Å². The first kappa shape index (κ1) is 14.5. The number of carbonyl (C=O) groups is 1. The van der Waals surface area contributed by atoms with E-state index in [9.17, 15) is 9.90 Å². The predicted octanol–water partition coefficient (Wildman–Crippen LogP) is 2.44. The molecule has 2 N–H and O–H groups in total. The van der Waals surface area contributed by atoms with E-state index in [1.807, 2.05) is 6.07 Å². The molecule has 3 rings (SSSR count). The molecule has 1 aromatic carbocycles. The molecule has 2 atom stereocenters. The molecule has 21 heavy (non-hydrogen) atoms. The number of rotatable bonds is 2. The van der Waals surface area contributed by atoms with Gasteiger partial charge in [-0.2, -0.15) is 0 Å². The Labute approximate surface area is 125 Å². The first-order valence-corrected chi connectivity index (χ1v) is 7.92. The number of hydrogen-bond acceptors (Lipinski definition) is 3. The Hall–Kier alpha value is -1.39. The summed E-state index contributed by atoms with van der Waals surface area (Å²) in [6.07, 6.45) is 6.15. The van der Waals surface area contributed by atoms with Crippen LogP contribution in [0.3, 0.4) is 0 Å². The van der Waals surface area contributed by atoms with E-state index in [0.717, 1.165) is 44.3 Å². The zero-order valence-electron chi connectivity index (χ0n) is 12.3. The van der Waals surface area contributed by atoms with Crippen molar-refractivity contribution in [2.24, 2.45) is 0 Å². The Morgan fingerprint density at radius 1 is 1.14 bits per heavy atom. The van der Waals surface area contributed by atoms with Gasteiger partial charge in [-0.25, -0.2) is 4.79 Å². The van der Waals surface area contributed by atoms with Crippen molar-refractivity contribution >= 4 is 5.97 Å². The highest BCUT2D eigenvalue weighted by molar-refractivity contribution is 5.87. The lowest BCUT2D eigenvalue weighted by atomic mass is 9.94. The molecular formula is C17H23NO3. The standard InChI is InChI=1S/C17H23NO3/c19-16-5-3-1-2-4-15(16)18-9-8-12-6-7-13(17(20)21)10-14(12)11-18/h6-7,10,15-16,19H,1-5,8-9,11H2,(H,20,21). The van der Waals surface area contributed by atoms with Gasteiger partial charge in [0.25, 0.3) is 0 Å². The second kappa shape index (κ2) is 6.16. The second-order valence-electron chi connectivity index (χ2n) is 6.28. The minimum absolute atomic E-state index is 0.231. The van der Waals surface area contributed by atoms with Crippen molar-refractivity contribution in [1.82, 2.24) is 4.90 Å². The van der Waals surface area contributed by atoms with Crippen LogP contribution in [0.2, 0.25) is 0 Å². The fourth-order valence-electron chi connectivity index (χ4n) is 3.69. The summed E-state index contributed by atoms with van der Waals surface area (Å²) in [4.78, 5) is 13.5. The molecule has 4 nitrogen and oxygen atoms in total. The summed E-state index contributed by atoms with van der Waals surface area (Å²) in [5.74, 6) is -0.871. The minimum atomic E-state index is -0.871.